The average molecular weight is 322 g/mol. The summed E-state index contributed by atoms with van der Waals surface area (Å²) in [7, 11) is 0. The normalized spacial score (nSPS) is 19.4. The predicted octanol–water partition coefficient (Wildman–Crippen LogP) is 3.64. The molecule has 1 fully saturated rings. The highest BCUT2D eigenvalue weighted by Crippen LogP contribution is 2.28. The molecular weight excluding hydrogens is 306 g/mol. The van der Waals surface area contributed by atoms with E-state index in [0.29, 0.717) is 18.2 Å². The molecule has 1 amide bonds. The van der Waals surface area contributed by atoms with Crippen molar-refractivity contribution < 1.29 is 9.53 Å². The van der Waals surface area contributed by atoms with Crippen LogP contribution in [0.25, 0.3) is 0 Å². The molecular formula is C16H16ClNO2S. The molecule has 1 aromatic heterocycles. The van der Waals surface area contributed by atoms with Crippen LogP contribution in [-0.4, -0.2) is 19.1 Å². The third-order valence-electron chi connectivity index (χ3n) is 3.62. The Kier molecular flexibility index (Phi) is 4.58. The van der Waals surface area contributed by atoms with Gasteiger partial charge in [0.1, 0.15) is 0 Å². The van der Waals surface area contributed by atoms with E-state index in [2.05, 4.69) is 5.32 Å². The van der Waals surface area contributed by atoms with Gasteiger partial charge in [-0.2, -0.15) is 0 Å². The van der Waals surface area contributed by atoms with Crippen LogP contribution in [0.2, 0.25) is 5.02 Å². The molecule has 2 aromatic rings. The molecule has 1 aliphatic heterocycles. The Morgan fingerprint density at radius 2 is 2.14 bits per heavy atom. The number of hydrogen-bond donors (Lipinski definition) is 1. The molecule has 0 radical (unpaired) electrons. The van der Waals surface area contributed by atoms with Crippen LogP contribution in [0.5, 0.6) is 0 Å². The number of carbonyl (C=O) groups is 1. The average Bonchev–Trinajstić information content (AvgIpc) is 3.19. The third-order valence-corrected chi connectivity index (χ3v) is 4.81. The van der Waals surface area contributed by atoms with Gasteiger partial charge in [0, 0.05) is 16.5 Å². The maximum atomic E-state index is 12.4. The van der Waals surface area contributed by atoms with E-state index in [9.17, 15) is 4.79 Å². The van der Waals surface area contributed by atoms with Crippen molar-refractivity contribution in [2.45, 2.75) is 12.5 Å². The fourth-order valence-corrected chi connectivity index (χ4v) is 3.36. The van der Waals surface area contributed by atoms with Crippen molar-refractivity contribution in [3.05, 3.63) is 57.2 Å². The summed E-state index contributed by atoms with van der Waals surface area (Å²) >= 11 is 7.58. The summed E-state index contributed by atoms with van der Waals surface area (Å²) in [5.74, 6) is 0.0145. The van der Waals surface area contributed by atoms with Gasteiger partial charge in [0.25, 0.3) is 0 Å². The fraction of sp³-hybridized carbons (Fsp3) is 0.312. The van der Waals surface area contributed by atoms with Gasteiger partial charge < -0.3 is 10.1 Å². The summed E-state index contributed by atoms with van der Waals surface area (Å²) < 4.78 is 5.30. The minimum atomic E-state index is -0.129. The smallest absolute Gasteiger partial charge is 0.226 e. The highest BCUT2D eigenvalue weighted by Gasteiger charge is 2.26. The van der Waals surface area contributed by atoms with Crippen LogP contribution < -0.4 is 5.32 Å². The number of ether oxygens (including phenoxy) is 1. The molecule has 0 unspecified atom stereocenters. The molecule has 110 valence electrons. The molecule has 0 spiro atoms. The van der Waals surface area contributed by atoms with Crippen LogP contribution in [0.3, 0.4) is 0 Å². The quantitative estimate of drug-likeness (QED) is 0.933. The second-order valence-corrected chi connectivity index (χ2v) is 6.48. The molecule has 3 nitrogen and oxygen atoms in total. The van der Waals surface area contributed by atoms with E-state index in [1.165, 1.54) is 0 Å². The summed E-state index contributed by atoms with van der Waals surface area (Å²) in [6, 6.07) is 11.5. The number of rotatable bonds is 4. The van der Waals surface area contributed by atoms with Crippen molar-refractivity contribution in [1.82, 2.24) is 5.32 Å². The maximum absolute atomic E-state index is 12.4. The van der Waals surface area contributed by atoms with Crippen LogP contribution in [0.15, 0.2) is 41.8 Å². The van der Waals surface area contributed by atoms with Crippen molar-refractivity contribution in [2.75, 3.05) is 13.2 Å². The van der Waals surface area contributed by atoms with E-state index < -0.39 is 0 Å². The first kappa shape index (κ1) is 14.6. The van der Waals surface area contributed by atoms with Gasteiger partial charge in [0.2, 0.25) is 5.91 Å². The lowest BCUT2D eigenvalue weighted by atomic mass is 10.0. The van der Waals surface area contributed by atoms with E-state index >= 15 is 0 Å². The first-order valence-electron chi connectivity index (χ1n) is 6.91. The van der Waals surface area contributed by atoms with Gasteiger partial charge in [-0.15, -0.1) is 11.3 Å². The number of carbonyl (C=O) groups excluding carboxylic acids is 1. The molecule has 0 aliphatic carbocycles. The second-order valence-electron chi connectivity index (χ2n) is 5.07. The Morgan fingerprint density at radius 3 is 2.76 bits per heavy atom. The lowest BCUT2D eigenvalue weighted by Crippen LogP contribution is -2.34. The molecule has 1 N–H and O–H groups in total. The Morgan fingerprint density at radius 1 is 1.33 bits per heavy atom. The van der Waals surface area contributed by atoms with Crippen LogP contribution >= 0.6 is 22.9 Å². The van der Waals surface area contributed by atoms with Crippen molar-refractivity contribution >= 4 is 28.8 Å². The maximum Gasteiger partial charge on any atom is 0.226 e. The number of hydrogen-bond acceptors (Lipinski definition) is 3. The van der Waals surface area contributed by atoms with Gasteiger partial charge >= 0.3 is 0 Å². The topological polar surface area (TPSA) is 38.3 Å². The second kappa shape index (κ2) is 6.60. The summed E-state index contributed by atoms with van der Waals surface area (Å²) in [6.07, 6.45) is 0.795. The summed E-state index contributed by atoms with van der Waals surface area (Å²) in [5, 5.41) is 5.86. The van der Waals surface area contributed by atoms with Gasteiger partial charge in [-0.1, -0.05) is 29.8 Å². The van der Waals surface area contributed by atoms with Crippen molar-refractivity contribution in [3.63, 3.8) is 0 Å². The number of benzene rings is 1. The minimum Gasteiger partial charge on any atom is -0.381 e. The zero-order valence-corrected chi connectivity index (χ0v) is 13.0. The monoisotopic (exact) mass is 321 g/mol. The highest BCUT2D eigenvalue weighted by atomic mass is 35.5. The Hall–Kier alpha value is -1.36. The van der Waals surface area contributed by atoms with Crippen LogP contribution in [0, 0.1) is 5.92 Å². The molecule has 0 bridgehead atoms. The summed E-state index contributed by atoms with van der Waals surface area (Å²) in [6.45, 7) is 1.19. The molecule has 21 heavy (non-hydrogen) atoms. The highest BCUT2D eigenvalue weighted by molar-refractivity contribution is 7.10. The van der Waals surface area contributed by atoms with E-state index in [1.807, 2.05) is 41.8 Å². The predicted molar refractivity (Wildman–Crippen MR) is 84.7 cm³/mol. The van der Waals surface area contributed by atoms with E-state index in [1.54, 1.807) is 11.3 Å². The van der Waals surface area contributed by atoms with Crippen molar-refractivity contribution in [2.24, 2.45) is 5.92 Å². The van der Waals surface area contributed by atoms with Crippen LogP contribution in [0.4, 0.5) is 0 Å². The molecule has 1 aliphatic rings. The lowest BCUT2D eigenvalue weighted by Gasteiger charge is -2.20. The lowest BCUT2D eigenvalue weighted by molar-refractivity contribution is -0.125. The molecule has 5 heteroatoms. The number of amides is 1. The Labute approximate surface area is 132 Å². The number of thiophene rings is 1. The van der Waals surface area contributed by atoms with Gasteiger partial charge in [0.15, 0.2) is 0 Å². The fourth-order valence-electron chi connectivity index (χ4n) is 2.43. The van der Waals surface area contributed by atoms with Gasteiger partial charge in [-0.25, -0.2) is 0 Å². The SMILES string of the molecule is O=C(N[C@H](c1ccc(Cl)cc1)c1cccs1)[C@H]1CCOC1. The van der Waals surface area contributed by atoms with Crippen LogP contribution in [-0.2, 0) is 9.53 Å². The Bertz CT molecular complexity index is 591. The zero-order chi connectivity index (χ0) is 14.7. The summed E-state index contributed by atoms with van der Waals surface area (Å²) in [5.41, 5.74) is 1.04. The first-order chi connectivity index (χ1) is 10.2. The van der Waals surface area contributed by atoms with E-state index in [4.69, 9.17) is 16.3 Å². The molecule has 2 atom stereocenters. The van der Waals surface area contributed by atoms with Crippen molar-refractivity contribution in [1.29, 1.82) is 0 Å². The van der Waals surface area contributed by atoms with Gasteiger partial charge in [-0.05, 0) is 35.6 Å². The largest absolute Gasteiger partial charge is 0.381 e. The van der Waals surface area contributed by atoms with E-state index in [-0.39, 0.29) is 17.9 Å². The third kappa shape index (κ3) is 3.46. The first-order valence-corrected chi connectivity index (χ1v) is 8.17. The minimum absolute atomic E-state index is 0.0419. The van der Waals surface area contributed by atoms with Crippen LogP contribution in [0.1, 0.15) is 22.9 Å². The van der Waals surface area contributed by atoms with Crippen molar-refractivity contribution in [3.8, 4) is 0 Å². The van der Waals surface area contributed by atoms with Gasteiger partial charge in [-0.3, -0.25) is 4.79 Å². The van der Waals surface area contributed by atoms with Gasteiger partial charge in [0.05, 0.1) is 18.6 Å². The molecule has 3 rings (SSSR count). The number of nitrogens with one attached hydrogen (secondary N) is 1. The number of halogens is 1. The molecule has 1 saturated heterocycles. The molecule has 2 heterocycles. The standard InChI is InChI=1S/C16H16ClNO2S/c17-13-5-3-11(4-6-13)15(14-2-1-9-21-14)18-16(19)12-7-8-20-10-12/h1-6,9,12,15H,7-8,10H2,(H,18,19)/t12-,15+/m0/s1. The summed E-state index contributed by atoms with van der Waals surface area (Å²) in [4.78, 5) is 13.5. The Balaban J connectivity index is 1.82. The zero-order valence-electron chi connectivity index (χ0n) is 11.4. The molecule has 1 aromatic carbocycles. The van der Waals surface area contributed by atoms with E-state index in [0.717, 1.165) is 16.9 Å². The molecule has 0 saturated carbocycles.